The van der Waals surface area contributed by atoms with Gasteiger partial charge in [0.2, 0.25) is 0 Å². The summed E-state index contributed by atoms with van der Waals surface area (Å²) in [5.74, 6) is 0.414. The number of hydrogen-bond acceptors (Lipinski definition) is 3. The van der Waals surface area contributed by atoms with Gasteiger partial charge in [-0.1, -0.05) is 13.3 Å². The molecule has 0 aliphatic carbocycles. The van der Waals surface area contributed by atoms with Crippen molar-refractivity contribution in [1.29, 1.82) is 0 Å². The van der Waals surface area contributed by atoms with Gasteiger partial charge < -0.3 is 9.64 Å². The van der Waals surface area contributed by atoms with Gasteiger partial charge in [-0.15, -0.1) is 11.6 Å². The second-order valence-electron chi connectivity index (χ2n) is 5.27. The zero-order valence-electron chi connectivity index (χ0n) is 12.6. The number of benzene rings is 1. The number of carbonyl (C=O) groups is 2. The van der Waals surface area contributed by atoms with Crippen LogP contribution in [0.2, 0.25) is 0 Å². The van der Waals surface area contributed by atoms with Crippen LogP contribution in [0.4, 0.5) is 5.69 Å². The van der Waals surface area contributed by atoms with Gasteiger partial charge in [0.15, 0.2) is 11.9 Å². The van der Waals surface area contributed by atoms with Crippen molar-refractivity contribution in [3.05, 3.63) is 23.8 Å². The van der Waals surface area contributed by atoms with Crippen LogP contribution in [0.5, 0.6) is 5.75 Å². The van der Waals surface area contributed by atoms with Crippen molar-refractivity contribution in [2.75, 3.05) is 11.4 Å². The smallest absolute Gasteiger partial charge is 0.267 e. The Balaban J connectivity index is 2.40. The van der Waals surface area contributed by atoms with Gasteiger partial charge in [-0.25, -0.2) is 0 Å². The van der Waals surface area contributed by atoms with Crippen molar-refractivity contribution >= 4 is 29.0 Å². The fraction of sp³-hybridized carbons (Fsp3) is 0.500. The zero-order valence-corrected chi connectivity index (χ0v) is 13.3. The number of hydrogen-bond donors (Lipinski definition) is 0. The molecule has 1 aromatic carbocycles. The number of ether oxygens (including phenoxy) is 1. The van der Waals surface area contributed by atoms with Crippen LogP contribution < -0.4 is 9.64 Å². The fourth-order valence-corrected chi connectivity index (χ4v) is 2.46. The molecule has 114 valence electrons. The molecule has 2 unspecified atom stereocenters. The highest BCUT2D eigenvalue weighted by Crippen LogP contribution is 2.35. The summed E-state index contributed by atoms with van der Waals surface area (Å²) in [4.78, 5) is 26.0. The molecule has 0 bridgehead atoms. The Kier molecular flexibility index (Phi) is 4.88. The number of anilines is 1. The first-order chi connectivity index (χ1) is 9.95. The lowest BCUT2D eigenvalue weighted by atomic mass is 10.0. The summed E-state index contributed by atoms with van der Waals surface area (Å²) in [5, 5.41) is -0.591. The minimum atomic E-state index is -0.591. The predicted molar refractivity (Wildman–Crippen MR) is 83.4 cm³/mol. The number of halogens is 1. The molecule has 0 saturated carbocycles. The number of alkyl halides is 1. The third kappa shape index (κ3) is 3.21. The zero-order chi connectivity index (χ0) is 15.6. The highest BCUT2D eigenvalue weighted by atomic mass is 35.5. The molecule has 0 fully saturated rings. The Morgan fingerprint density at radius 2 is 2.19 bits per heavy atom. The lowest BCUT2D eigenvalue weighted by molar-refractivity contribution is -0.125. The lowest BCUT2D eigenvalue weighted by Gasteiger charge is -2.33. The quantitative estimate of drug-likeness (QED) is 0.618. The van der Waals surface area contributed by atoms with Gasteiger partial charge in [0.05, 0.1) is 11.1 Å². The maximum atomic E-state index is 12.3. The molecule has 0 saturated heterocycles. The number of amides is 1. The van der Waals surface area contributed by atoms with Gasteiger partial charge >= 0.3 is 0 Å². The number of ketones is 1. The predicted octanol–water partition coefficient (Wildman–Crippen LogP) is 3.41. The van der Waals surface area contributed by atoms with Gasteiger partial charge in [-0.2, -0.15) is 0 Å². The second-order valence-corrected chi connectivity index (χ2v) is 5.92. The Morgan fingerprint density at radius 1 is 1.48 bits per heavy atom. The molecule has 2 rings (SSSR count). The van der Waals surface area contributed by atoms with E-state index in [0.29, 0.717) is 23.5 Å². The van der Waals surface area contributed by atoms with Gasteiger partial charge in [0.25, 0.3) is 5.91 Å². The van der Waals surface area contributed by atoms with Crippen LogP contribution in [0.25, 0.3) is 0 Å². The second kappa shape index (κ2) is 6.48. The Bertz CT molecular complexity index is 556. The summed E-state index contributed by atoms with van der Waals surface area (Å²) in [6.07, 6.45) is 1.40. The van der Waals surface area contributed by atoms with Gasteiger partial charge in [0, 0.05) is 12.1 Å². The van der Waals surface area contributed by atoms with E-state index in [-0.39, 0.29) is 11.7 Å². The molecule has 21 heavy (non-hydrogen) atoms. The molecule has 1 aliphatic heterocycles. The molecule has 0 radical (unpaired) electrons. The topological polar surface area (TPSA) is 46.6 Å². The van der Waals surface area contributed by atoms with E-state index in [1.807, 2.05) is 0 Å². The first-order valence-corrected chi connectivity index (χ1v) is 7.69. The number of rotatable bonds is 5. The Morgan fingerprint density at radius 3 is 2.81 bits per heavy atom. The van der Waals surface area contributed by atoms with Crippen LogP contribution in [-0.4, -0.2) is 29.7 Å². The molecule has 1 aromatic rings. The SMILES string of the molecule is CCCCN1C(=O)C(C)Oc2ccc(C(=O)C(C)Cl)cc21. The number of nitrogens with zero attached hydrogens (tertiary/aromatic N) is 1. The van der Waals surface area contributed by atoms with Crippen molar-refractivity contribution in [2.24, 2.45) is 0 Å². The monoisotopic (exact) mass is 309 g/mol. The molecular formula is C16H20ClNO3. The molecule has 0 aromatic heterocycles. The van der Waals surface area contributed by atoms with Crippen molar-refractivity contribution < 1.29 is 14.3 Å². The van der Waals surface area contributed by atoms with Crippen LogP contribution in [0.1, 0.15) is 44.0 Å². The minimum Gasteiger partial charge on any atom is -0.479 e. The molecule has 4 nitrogen and oxygen atoms in total. The normalized spacial score (nSPS) is 19.0. The number of fused-ring (bicyclic) bond motifs is 1. The molecular weight excluding hydrogens is 290 g/mol. The minimum absolute atomic E-state index is 0.0699. The van der Waals surface area contributed by atoms with E-state index >= 15 is 0 Å². The fourth-order valence-electron chi connectivity index (χ4n) is 2.34. The van der Waals surface area contributed by atoms with E-state index in [1.54, 1.807) is 36.9 Å². The lowest BCUT2D eigenvalue weighted by Crippen LogP contribution is -2.45. The number of unbranched alkanes of at least 4 members (excludes halogenated alkanes) is 1. The Hall–Kier alpha value is -1.55. The maximum Gasteiger partial charge on any atom is 0.267 e. The molecule has 1 heterocycles. The maximum absolute atomic E-state index is 12.3. The molecule has 0 N–H and O–H groups in total. The van der Waals surface area contributed by atoms with Crippen molar-refractivity contribution in [3.63, 3.8) is 0 Å². The summed E-state index contributed by atoms with van der Waals surface area (Å²) in [7, 11) is 0. The third-order valence-electron chi connectivity index (χ3n) is 3.55. The van der Waals surface area contributed by atoms with Crippen molar-refractivity contribution in [1.82, 2.24) is 0 Å². The standard InChI is InChI=1S/C16H20ClNO3/c1-4-5-8-18-13-9-12(15(19)10(2)17)6-7-14(13)21-11(3)16(18)20/h6-7,9-11H,4-5,8H2,1-3H3. The summed E-state index contributed by atoms with van der Waals surface area (Å²) in [6.45, 7) is 6.08. The van der Waals surface area contributed by atoms with Crippen molar-refractivity contribution in [3.8, 4) is 5.75 Å². The highest BCUT2D eigenvalue weighted by molar-refractivity contribution is 6.33. The summed E-state index contributed by atoms with van der Waals surface area (Å²) in [6, 6.07) is 5.14. The average molecular weight is 310 g/mol. The van der Waals surface area contributed by atoms with E-state index in [4.69, 9.17) is 16.3 Å². The number of carbonyl (C=O) groups excluding carboxylic acids is 2. The third-order valence-corrected chi connectivity index (χ3v) is 3.75. The molecule has 2 atom stereocenters. The van der Waals surface area contributed by atoms with Gasteiger partial charge in [0.1, 0.15) is 5.75 Å². The van der Waals surface area contributed by atoms with Crippen LogP contribution in [-0.2, 0) is 4.79 Å². The Labute approximate surface area is 130 Å². The van der Waals surface area contributed by atoms with Gasteiger partial charge in [-0.05, 0) is 38.5 Å². The van der Waals surface area contributed by atoms with E-state index in [1.165, 1.54) is 0 Å². The molecule has 5 heteroatoms. The van der Waals surface area contributed by atoms with Crippen LogP contribution in [0.15, 0.2) is 18.2 Å². The van der Waals surface area contributed by atoms with Crippen LogP contribution >= 0.6 is 11.6 Å². The first kappa shape index (κ1) is 15.8. The molecule has 1 amide bonds. The van der Waals surface area contributed by atoms with E-state index in [0.717, 1.165) is 12.8 Å². The van der Waals surface area contributed by atoms with E-state index < -0.39 is 11.5 Å². The molecule has 0 spiro atoms. The van der Waals surface area contributed by atoms with Crippen LogP contribution in [0.3, 0.4) is 0 Å². The van der Waals surface area contributed by atoms with Gasteiger partial charge in [-0.3, -0.25) is 9.59 Å². The largest absolute Gasteiger partial charge is 0.479 e. The highest BCUT2D eigenvalue weighted by Gasteiger charge is 2.31. The van der Waals surface area contributed by atoms with Crippen molar-refractivity contribution in [2.45, 2.75) is 45.1 Å². The average Bonchev–Trinajstić information content (AvgIpc) is 2.46. The summed E-state index contributed by atoms with van der Waals surface area (Å²) < 4.78 is 5.61. The summed E-state index contributed by atoms with van der Waals surface area (Å²) in [5.41, 5.74) is 1.17. The van der Waals surface area contributed by atoms with E-state index in [2.05, 4.69) is 6.92 Å². The summed E-state index contributed by atoms with van der Waals surface area (Å²) >= 11 is 5.86. The van der Waals surface area contributed by atoms with Crippen LogP contribution in [0, 0.1) is 0 Å². The first-order valence-electron chi connectivity index (χ1n) is 7.26. The molecule has 1 aliphatic rings. The number of Topliss-reactive ketones (excluding diaryl/α,β-unsaturated/α-hetero) is 1. The van der Waals surface area contributed by atoms with E-state index in [9.17, 15) is 9.59 Å².